The van der Waals surface area contributed by atoms with Crippen LogP contribution in [0.25, 0.3) is 0 Å². The van der Waals surface area contributed by atoms with Crippen LogP contribution in [0, 0.1) is 6.92 Å². The molecule has 0 aromatic carbocycles. The van der Waals surface area contributed by atoms with E-state index in [0.29, 0.717) is 6.54 Å². The summed E-state index contributed by atoms with van der Waals surface area (Å²) in [7, 11) is 0. The highest BCUT2D eigenvalue weighted by atomic mass is 16.2. The van der Waals surface area contributed by atoms with Gasteiger partial charge in [-0.05, 0) is 31.9 Å². The predicted octanol–water partition coefficient (Wildman–Crippen LogP) is 1.94. The molecule has 4 nitrogen and oxygen atoms in total. The van der Waals surface area contributed by atoms with Crippen LogP contribution in [-0.4, -0.2) is 17.4 Å². The van der Waals surface area contributed by atoms with Crippen molar-refractivity contribution in [3.8, 4) is 0 Å². The van der Waals surface area contributed by atoms with Crippen molar-refractivity contribution in [1.82, 2.24) is 10.3 Å². The van der Waals surface area contributed by atoms with Crippen molar-refractivity contribution >= 4 is 5.91 Å². The summed E-state index contributed by atoms with van der Waals surface area (Å²) in [5, 5.41) is 2.67. The summed E-state index contributed by atoms with van der Waals surface area (Å²) in [6.07, 6.45) is 5.45. The van der Waals surface area contributed by atoms with E-state index in [9.17, 15) is 9.59 Å². The third-order valence-electron chi connectivity index (χ3n) is 2.71. The molecule has 0 radical (unpaired) electrons. The Labute approximate surface area is 107 Å². The summed E-state index contributed by atoms with van der Waals surface area (Å²) in [5.74, 6) is -0.333. The molecule has 18 heavy (non-hydrogen) atoms. The molecule has 0 fully saturated rings. The van der Waals surface area contributed by atoms with Gasteiger partial charge in [-0.2, -0.15) is 0 Å². The number of aromatic nitrogens is 1. The van der Waals surface area contributed by atoms with Gasteiger partial charge in [-0.1, -0.05) is 25.5 Å². The maximum Gasteiger partial charge on any atom is 0.261 e. The molecule has 1 aromatic heterocycles. The van der Waals surface area contributed by atoms with Crippen molar-refractivity contribution in [3.63, 3.8) is 0 Å². The molecule has 0 aliphatic rings. The number of hydrogen-bond donors (Lipinski definition) is 2. The van der Waals surface area contributed by atoms with Gasteiger partial charge in [0.25, 0.3) is 11.5 Å². The lowest BCUT2D eigenvalue weighted by Gasteiger charge is -2.07. The smallest absolute Gasteiger partial charge is 0.261 e. The largest absolute Gasteiger partial charge is 0.348 e. The molecule has 2 N–H and O–H groups in total. The molecule has 0 aliphatic carbocycles. The third kappa shape index (κ3) is 3.58. The standard InChI is InChI=1S/C14H20N2O2/c1-4-6-8-15-13(17)11-9-10(3)12(7-5-2)16-14(11)18/h4,6,9H,5,7-8H2,1-3H3,(H,15,17)(H,16,18)/b6-4+. The van der Waals surface area contributed by atoms with E-state index < -0.39 is 0 Å². The van der Waals surface area contributed by atoms with Gasteiger partial charge in [0.2, 0.25) is 0 Å². The third-order valence-corrected chi connectivity index (χ3v) is 2.71. The lowest BCUT2D eigenvalue weighted by Crippen LogP contribution is -2.30. The molecule has 1 aromatic rings. The van der Waals surface area contributed by atoms with Gasteiger partial charge in [0.05, 0.1) is 0 Å². The van der Waals surface area contributed by atoms with Gasteiger partial charge in [-0.3, -0.25) is 9.59 Å². The van der Waals surface area contributed by atoms with E-state index >= 15 is 0 Å². The van der Waals surface area contributed by atoms with Crippen LogP contribution in [0.4, 0.5) is 0 Å². The van der Waals surface area contributed by atoms with Gasteiger partial charge < -0.3 is 10.3 Å². The van der Waals surface area contributed by atoms with Crippen molar-refractivity contribution in [2.45, 2.75) is 33.6 Å². The Balaban J connectivity index is 2.93. The van der Waals surface area contributed by atoms with E-state index in [-0.39, 0.29) is 17.0 Å². The van der Waals surface area contributed by atoms with Gasteiger partial charge in [0.15, 0.2) is 0 Å². The molecule has 1 amide bonds. The summed E-state index contributed by atoms with van der Waals surface area (Å²) >= 11 is 0. The molecule has 0 unspecified atom stereocenters. The number of amides is 1. The number of nitrogens with one attached hydrogen (secondary N) is 2. The molecule has 0 saturated carbocycles. The number of carbonyl (C=O) groups is 1. The predicted molar refractivity (Wildman–Crippen MR) is 72.9 cm³/mol. The fourth-order valence-electron chi connectivity index (χ4n) is 1.72. The van der Waals surface area contributed by atoms with Gasteiger partial charge >= 0.3 is 0 Å². The number of H-pyrrole nitrogens is 1. The Kier molecular flexibility index (Phi) is 5.36. The molecule has 1 heterocycles. The van der Waals surface area contributed by atoms with Crippen LogP contribution in [-0.2, 0) is 6.42 Å². The Morgan fingerprint density at radius 1 is 1.50 bits per heavy atom. The first-order chi connectivity index (χ1) is 8.60. The average Bonchev–Trinajstić information content (AvgIpc) is 2.34. The highest BCUT2D eigenvalue weighted by molar-refractivity contribution is 5.94. The van der Waals surface area contributed by atoms with E-state index in [1.165, 1.54) is 0 Å². The Hall–Kier alpha value is -1.84. The number of aromatic amines is 1. The minimum absolute atomic E-state index is 0.178. The zero-order chi connectivity index (χ0) is 13.5. The molecule has 4 heteroatoms. The Morgan fingerprint density at radius 3 is 2.83 bits per heavy atom. The Bertz CT molecular complexity index is 501. The first-order valence-corrected chi connectivity index (χ1v) is 6.22. The van der Waals surface area contributed by atoms with Crippen LogP contribution < -0.4 is 10.9 Å². The minimum atomic E-state index is -0.333. The highest BCUT2D eigenvalue weighted by Crippen LogP contribution is 2.06. The number of hydrogen-bond acceptors (Lipinski definition) is 2. The minimum Gasteiger partial charge on any atom is -0.348 e. The topological polar surface area (TPSA) is 62.0 Å². The molecule has 0 atom stereocenters. The maximum atomic E-state index is 11.8. The second kappa shape index (κ2) is 6.79. The first kappa shape index (κ1) is 14.2. The van der Waals surface area contributed by atoms with Crippen molar-refractivity contribution in [2.75, 3.05) is 6.54 Å². The lowest BCUT2D eigenvalue weighted by molar-refractivity contribution is 0.0956. The Morgan fingerprint density at radius 2 is 2.22 bits per heavy atom. The molecule has 0 bridgehead atoms. The van der Waals surface area contributed by atoms with Gasteiger partial charge in [-0.25, -0.2) is 0 Å². The molecule has 0 aliphatic heterocycles. The van der Waals surface area contributed by atoms with Crippen molar-refractivity contribution in [1.29, 1.82) is 0 Å². The number of carbonyl (C=O) groups excluding carboxylic acids is 1. The zero-order valence-corrected chi connectivity index (χ0v) is 11.2. The summed E-state index contributed by atoms with van der Waals surface area (Å²) in [4.78, 5) is 26.4. The van der Waals surface area contributed by atoms with E-state index in [4.69, 9.17) is 0 Å². The van der Waals surface area contributed by atoms with Crippen LogP contribution in [0.15, 0.2) is 23.0 Å². The van der Waals surface area contributed by atoms with E-state index in [1.807, 2.05) is 26.0 Å². The molecular weight excluding hydrogens is 228 g/mol. The first-order valence-electron chi connectivity index (χ1n) is 6.22. The summed E-state index contributed by atoms with van der Waals surface area (Å²) in [6, 6.07) is 1.66. The van der Waals surface area contributed by atoms with Crippen LogP contribution in [0.2, 0.25) is 0 Å². The van der Waals surface area contributed by atoms with Crippen LogP contribution >= 0.6 is 0 Å². The fraction of sp³-hybridized carbons (Fsp3) is 0.429. The molecule has 0 saturated heterocycles. The van der Waals surface area contributed by atoms with E-state index in [2.05, 4.69) is 17.2 Å². The SMILES string of the molecule is C/C=C/CNC(=O)c1cc(C)c(CCC)[nH]c1=O. The molecule has 1 rings (SSSR count). The maximum absolute atomic E-state index is 11.8. The quantitative estimate of drug-likeness (QED) is 0.782. The highest BCUT2D eigenvalue weighted by Gasteiger charge is 2.11. The van der Waals surface area contributed by atoms with E-state index in [0.717, 1.165) is 24.1 Å². The summed E-state index contributed by atoms with van der Waals surface area (Å²) in [5.41, 5.74) is 1.72. The van der Waals surface area contributed by atoms with Crippen molar-refractivity contribution < 1.29 is 4.79 Å². The second-order valence-electron chi connectivity index (χ2n) is 4.20. The average molecular weight is 248 g/mol. The van der Waals surface area contributed by atoms with Crippen molar-refractivity contribution in [3.05, 3.63) is 45.4 Å². The van der Waals surface area contributed by atoms with Crippen LogP contribution in [0.5, 0.6) is 0 Å². The monoisotopic (exact) mass is 248 g/mol. The van der Waals surface area contributed by atoms with E-state index in [1.54, 1.807) is 6.07 Å². The number of allylic oxidation sites excluding steroid dienone is 1. The van der Waals surface area contributed by atoms with Crippen LogP contribution in [0.3, 0.4) is 0 Å². The molecule has 0 spiro atoms. The van der Waals surface area contributed by atoms with Gasteiger partial charge in [-0.15, -0.1) is 0 Å². The summed E-state index contributed by atoms with van der Waals surface area (Å²) < 4.78 is 0. The molecule has 98 valence electrons. The van der Waals surface area contributed by atoms with Gasteiger partial charge in [0, 0.05) is 12.2 Å². The number of rotatable bonds is 5. The molecular formula is C14H20N2O2. The number of aryl methyl sites for hydroxylation is 2. The second-order valence-corrected chi connectivity index (χ2v) is 4.20. The van der Waals surface area contributed by atoms with Crippen LogP contribution in [0.1, 0.15) is 41.9 Å². The lowest BCUT2D eigenvalue weighted by atomic mass is 10.1. The summed E-state index contributed by atoms with van der Waals surface area (Å²) in [6.45, 7) is 6.27. The fourth-order valence-corrected chi connectivity index (χ4v) is 1.72. The van der Waals surface area contributed by atoms with Crippen molar-refractivity contribution in [2.24, 2.45) is 0 Å². The zero-order valence-electron chi connectivity index (χ0n) is 11.2. The van der Waals surface area contributed by atoms with Gasteiger partial charge in [0.1, 0.15) is 5.56 Å². The normalized spacial score (nSPS) is 10.8. The number of pyridine rings is 1.